The van der Waals surface area contributed by atoms with Gasteiger partial charge in [0.1, 0.15) is 11.3 Å². The number of amides is 3. The van der Waals surface area contributed by atoms with Gasteiger partial charge in [-0.05, 0) is 31.0 Å². The van der Waals surface area contributed by atoms with Crippen molar-refractivity contribution in [2.75, 3.05) is 13.6 Å². The van der Waals surface area contributed by atoms with Crippen LogP contribution in [0.3, 0.4) is 0 Å². The molecule has 1 aromatic rings. The first-order valence-electron chi connectivity index (χ1n) is 9.54. The number of hydroxylamine groups is 1. The van der Waals surface area contributed by atoms with Gasteiger partial charge in [0.25, 0.3) is 5.91 Å². The van der Waals surface area contributed by atoms with Gasteiger partial charge < -0.3 is 20.4 Å². The second kappa shape index (κ2) is 8.46. The number of carbonyl (C=O) groups is 2. The van der Waals surface area contributed by atoms with Gasteiger partial charge in [-0.1, -0.05) is 30.9 Å². The molecule has 166 valence electrons. The summed E-state index contributed by atoms with van der Waals surface area (Å²) in [6, 6.07) is 4.59. The summed E-state index contributed by atoms with van der Waals surface area (Å²) in [7, 11) is 1.60. The Morgan fingerprint density at radius 1 is 1.39 bits per heavy atom. The number of alkyl halides is 3. The van der Waals surface area contributed by atoms with E-state index in [1.165, 1.54) is 17.9 Å². The Hall–Kier alpha value is -3.27. The van der Waals surface area contributed by atoms with Gasteiger partial charge in [0.05, 0.1) is 12.1 Å². The standard InChI is InChI=1S/C21H23F3N4O3/c1-4-15(21(22,23)24)6-5-9-20(13(2)26-19(30)27-20)12-28-11-14-7-8-16(31-25-3)10-17(14)18(28)29/h4-8,10,25H,2,9,11-12H2,1,3H3,(H2,26,27,30)/b6-5-,15-4+. The molecule has 2 heterocycles. The van der Waals surface area contributed by atoms with Crippen molar-refractivity contribution in [3.05, 3.63) is 65.4 Å². The lowest BCUT2D eigenvalue weighted by Gasteiger charge is -2.32. The quantitative estimate of drug-likeness (QED) is 0.453. The first kappa shape index (κ1) is 22.4. The van der Waals surface area contributed by atoms with E-state index < -0.39 is 23.3 Å². The fourth-order valence-electron chi connectivity index (χ4n) is 3.67. The number of carbonyl (C=O) groups excluding carboxylic acids is 2. The average molecular weight is 436 g/mol. The Balaban J connectivity index is 1.82. The van der Waals surface area contributed by atoms with Crippen molar-refractivity contribution in [3.8, 4) is 5.75 Å². The molecule has 1 saturated heterocycles. The minimum Gasteiger partial charge on any atom is -0.409 e. The lowest BCUT2D eigenvalue weighted by atomic mass is 9.91. The van der Waals surface area contributed by atoms with Crippen molar-refractivity contribution in [1.29, 1.82) is 0 Å². The van der Waals surface area contributed by atoms with Gasteiger partial charge in [-0.3, -0.25) is 4.79 Å². The summed E-state index contributed by atoms with van der Waals surface area (Å²) < 4.78 is 39.0. The number of hydrogen-bond donors (Lipinski definition) is 3. The van der Waals surface area contributed by atoms with Crippen molar-refractivity contribution in [2.24, 2.45) is 0 Å². The molecule has 1 fully saturated rings. The van der Waals surface area contributed by atoms with Gasteiger partial charge in [0.2, 0.25) is 0 Å². The van der Waals surface area contributed by atoms with E-state index in [0.717, 1.165) is 17.7 Å². The smallest absolute Gasteiger partial charge is 0.409 e. The van der Waals surface area contributed by atoms with E-state index in [1.54, 1.807) is 25.2 Å². The number of rotatable bonds is 7. The highest BCUT2D eigenvalue weighted by molar-refractivity contribution is 5.99. The van der Waals surface area contributed by atoms with Gasteiger partial charge in [-0.2, -0.15) is 18.7 Å². The van der Waals surface area contributed by atoms with E-state index in [1.807, 2.05) is 0 Å². The molecule has 1 aromatic carbocycles. The van der Waals surface area contributed by atoms with Crippen LogP contribution in [0.4, 0.5) is 18.0 Å². The maximum absolute atomic E-state index is 13.0. The Bertz CT molecular complexity index is 971. The first-order valence-corrected chi connectivity index (χ1v) is 9.54. The van der Waals surface area contributed by atoms with Crippen molar-refractivity contribution < 1.29 is 27.6 Å². The second-order valence-corrected chi connectivity index (χ2v) is 7.27. The van der Waals surface area contributed by atoms with Crippen LogP contribution in [0.2, 0.25) is 0 Å². The van der Waals surface area contributed by atoms with Gasteiger partial charge in [0.15, 0.2) is 0 Å². The lowest BCUT2D eigenvalue weighted by molar-refractivity contribution is -0.0883. The predicted molar refractivity (Wildman–Crippen MR) is 108 cm³/mol. The minimum absolute atomic E-state index is 0.0201. The van der Waals surface area contributed by atoms with E-state index >= 15 is 0 Å². The highest BCUT2D eigenvalue weighted by Gasteiger charge is 2.44. The molecule has 2 aliphatic rings. The molecular formula is C21H23F3N4O3. The third kappa shape index (κ3) is 4.58. The molecule has 3 amide bonds. The molecular weight excluding hydrogens is 413 g/mol. The molecule has 10 heteroatoms. The summed E-state index contributed by atoms with van der Waals surface area (Å²) in [5.74, 6) is 0.207. The molecule has 0 bridgehead atoms. The SMILES string of the molecule is C=C1NC(=O)NC1(C/C=C\C(=C/C)C(F)(F)F)CN1Cc2ccc(ONC)cc2C1=O. The molecule has 0 saturated carbocycles. The van der Waals surface area contributed by atoms with E-state index in [0.29, 0.717) is 23.6 Å². The van der Waals surface area contributed by atoms with Crippen LogP contribution in [0.25, 0.3) is 0 Å². The molecule has 0 radical (unpaired) electrons. The summed E-state index contributed by atoms with van der Waals surface area (Å²) in [6.45, 7) is 5.49. The zero-order valence-electron chi connectivity index (χ0n) is 17.1. The molecule has 1 atom stereocenters. The second-order valence-electron chi connectivity index (χ2n) is 7.27. The molecule has 0 aromatic heterocycles. The molecule has 31 heavy (non-hydrogen) atoms. The maximum atomic E-state index is 13.0. The monoisotopic (exact) mass is 436 g/mol. The number of nitrogens with one attached hydrogen (secondary N) is 3. The Labute approximate surface area is 177 Å². The summed E-state index contributed by atoms with van der Waals surface area (Å²) in [5.41, 5.74) is 2.15. The van der Waals surface area contributed by atoms with E-state index in [9.17, 15) is 22.8 Å². The van der Waals surface area contributed by atoms with Gasteiger partial charge >= 0.3 is 12.2 Å². The molecule has 7 nitrogen and oxygen atoms in total. The third-order valence-corrected chi connectivity index (χ3v) is 5.24. The Morgan fingerprint density at radius 2 is 2.13 bits per heavy atom. The van der Waals surface area contributed by atoms with Gasteiger partial charge in [0, 0.05) is 24.9 Å². The minimum atomic E-state index is -4.48. The molecule has 3 rings (SSSR count). The molecule has 1 unspecified atom stereocenters. The molecule has 0 aliphatic carbocycles. The molecule has 3 N–H and O–H groups in total. The zero-order chi connectivity index (χ0) is 22.8. The summed E-state index contributed by atoms with van der Waals surface area (Å²) in [5, 5.41) is 5.27. The van der Waals surface area contributed by atoms with Crippen molar-refractivity contribution in [3.63, 3.8) is 0 Å². The van der Waals surface area contributed by atoms with Crippen LogP contribution in [-0.2, 0) is 6.54 Å². The van der Waals surface area contributed by atoms with Gasteiger partial charge in [-0.15, -0.1) is 0 Å². The summed E-state index contributed by atoms with van der Waals surface area (Å²) in [4.78, 5) is 31.6. The topological polar surface area (TPSA) is 82.7 Å². The first-order chi connectivity index (χ1) is 14.6. The number of allylic oxidation sites excluding steroid dienone is 3. The highest BCUT2D eigenvalue weighted by atomic mass is 19.4. The number of hydrogen-bond acceptors (Lipinski definition) is 4. The third-order valence-electron chi connectivity index (χ3n) is 5.24. The van der Waals surface area contributed by atoms with Crippen LogP contribution in [0.1, 0.15) is 29.3 Å². The van der Waals surface area contributed by atoms with Gasteiger partial charge in [-0.25, -0.2) is 4.79 Å². The highest BCUT2D eigenvalue weighted by Crippen LogP contribution is 2.32. The number of urea groups is 1. The summed E-state index contributed by atoms with van der Waals surface area (Å²) in [6.07, 6.45) is -1.21. The number of nitrogens with zero attached hydrogens (tertiary/aromatic N) is 1. The molecule has 2 aliphatic heterocycles. The molecule has 0 spiro atoms. The average Bonchev–Trinajstić information content (AvgIpc) is 3.14. The number of benzene rings is 1. The number of halogens is 3. The largest absolute Gasteiger partial charge is 0.416 e. The van der Waals surface area contributed by atoms with Crippen LogP contribution in [0, 0.1) is 0 Å². The Morgan fingerprint density at radius 3 is 2.71 bits per heavy atom. The van der Waals surface area contributed by atoms with Crippen LogP contribution in [0.5, 0.6) is 5.75 Å². The van der Waals surface area contributed by atoms with E-state index in [4.69, 9.17) is 4.84 Å². The van der Waals surface area contributed by atoms with Crippen molar-refractivity contribution in [1.82, 2.24) is 21.0 Å². The predicted octanol–water partition coefficient (Wildman–Crippen LogP) is 3.18. The van der Waals surface area contributed by atoms with Crippen LogP contribution < -0.4 is 21.0 Å². The maximum Gasteiger partial charge on any atom is 0.416 e. The van der Waals surface area contributed by atoms with E-state index in [-0.39, 0.29) is 18.9 Å². The van der Waals surface area contributed by atoms with Crippen LogP contribution >= 0.6 is 0 Å². The summed E-state index contributed by atoms with van der Waals surface area (Å²) >= 11 is 0. The Kier molecular flexibility index (Phi) is 6.12. The fourth-order valence-corrected chi connectivity index (χ4v) is 3.67. The van der Waals surface area contributed by atoms with Crippen molar-refractivity contribution >= 4 is 11.9 Å². The van der Waals surface area contributed by atoms with Crippen LogP contribution in [-0.4, -0.2) is 42.1 Å². The number of fused-ring (bicyclic) bond motifs is 1. The van der Waals surface area contributed by atoms with Crippen molar-refractivity contribution in [2.45, 2.75) is 31.6 Å². The van der Waals surface area contributed by atoms with E-state index in [2.05, 4.69) is 22.7 Å². The van der Waals surface area contributed by atoms with Crippen LogP contribution in [0.15, 0.2) is 54.3 Å². The lowest BCUT2D eigenvalue weighted by Crippen LogP contribution is -2.51. The normalized spacial score (nSPS) is 21.5. The zero-order valence-corrected chi connectivity index (χ0v) is 17.1. The fraction of sp³-hybridized carbons (Fsp3) is 0.333.